The summed E-state index contributed by atoms with van der Waals surface area (Å²) in [5.41, 5.74) is 5.16. The number of aromatic amines is 1. The van der Waals surface area contributed by atoms with Crippen molar-refractivity contribution in [1.82, 2.24) is 19.5 Å². The normalized spacial score (nSPS) is 29.8. The minimum absolute atomic E-state index is 0.00197. The molecule has 2 aliphatic heterocycles. The number of nitrogens with zero attached hydrogens (tertiary/aromatic N) is 3. The Balaban J connectivity index is 1.62. The fourth-order valence-corrected chi connectivity index (χ4v) is 5.07. The summed E-state index contributed by atoms with van der Waals surface area (Å²) in [5.74, 6) is -1.20. The molecule has 16 nitrogen and oxygen atoms in total. The zero-order valence-corrected chi connectivity index (χ0v) is 17.8. The van der Waals surface area contributed by atoms with Crippen LogP contribution in [0.15, 0.2) is 11.1 Å². The molecule has 6 N–H and O–H groups in total. The van der Waals surface area contributed by atoms with Crippen LogP contribution in [0.5, 0.6) is 0 Å². The number of nitrogen functional groups attached to an aromatic ring is 1. The zero-order valence-electron chi connectivity index (χ0n) is 16.0. The second kappa shape index (κ2) is 7.42. The molecule has 18 heteroatoms. The predicted molar refractivity (Wildman–Crippen MR) is 99.2 cm³/mol. The minimum Gasteiger partial charge on any atom is -0.369 e. The SMILES string of the molecule is CC1(C)OC2C(O1)[C@@H](COP(=O)(O)OP(=O)(O)O)O[C@H]2n1cnc2c(=O)[nH]c(N)nc21. The molecule has 4 heterocycles. The Labute approximate surface area is 173 Å². The van der Waals surface area contributed by atoms with E-state index in [2.05, 4.69) is 23.8 Å². The molecule has 0 spiro atoms. The molecule has 0 bridgehead atoms. The second-order valence-corrected chi connectivity index (χ2v) is 10.1. The summed E-state index contributed by atoms with van der Waals surface area (Å²) in [7, 11) is -10.4. The third kappa shape index (κ3) is 4.59. The number of nitrogens with two attached hydrogens (primary N) is 1. The molecule has 4 rings (SSSR count). The average molecular weight is 483 g/mol. The smallest absolute Gasteiger partial charge is 0.369 e. The monoisotopic (exact) mass is 483 g/mol. The maximum Gasteiger partial charge on any atom is 0.481 e. The topological polar surface area (TPSA) is 231 Å². The van der Waals surface area contributed by atoms with Gasteiger partial charge in [0.05, 0.1) is 12.9 Å². The number of ether oxygens (including phenoxy) is 3. The first-order valence-corrected chi connectivity index (χ1v) is 11.7. The van der Waals surface area contributed by atoms with Crippen LogP contribution in [-0.2, 0) is 32.2 Å². The number of hydrogen-bond acceptors (Lipinski definition) is 11. The van der Waals surface area contributed by atoms with Crippen molar-refractivity contribution in [2.75, 3.05) is 12.3 Å². The Morgan fingerprint density at radius 2 is 1.97 bits per heavy atom. The van der Waals surface area contributed by atoms with Gasteiger partial charge in [0.15, 0.2) is 23.2 Å². The van der Waals surface area contributed by atoms with E-state index in [-0.39, 0.29) is 17.1 Å². The highest BCUT2D eigenvalue weighted by atomic mass is 31.3. The van der Waals surface area contributed by atoms with E-state index in [9.17, 15) is 18.8 Å². The van der Waals surface area contributed by atoms with Crippen LogP contribution in [0.2, 0.25) is 0 Å². The van der Waals surface area contributed by atoms with Crippen molar-refractivity contribution in [3.05, 3.63) is 16.7 Å². The lowest BCUT2D eigenvalue weighted by Gasteiger charge is -2.25. The van der Waals surface area contributed by atoms with Crippen LogP contribution in [0.3, 0.4) is 0 Å². The lowest BCUT2D eigenvalue weighted by molar-refractivity contribution is -0.199. The highest BCUT2D eigenvalue weighted by Crippen LogP contribution is 2.58. The average Bonchev–Trinajstić information content (AvgIpc) is 3.22. The van der Waals surface area contributed by atoms with E-state index in [1.807, 2.05) is 0 Å². The summed E-state index contributed by atoms with van der Waals surface area (Å²) >= 11 is 0. The number of nitrogens with one attached hydrogen (secondary N) is 1. The Hall–Kier alpha value is -1.71. The van der Waals surface area contributed by atoms with Crippen LogP contribution in [0.25, 0.3) is 11.2 Å². The molecule has 0 aromatic carbocycles. The van der Waals surface area contributed by atoms with Gasteiger partial charge < -0.3 is 34.6 Å². The van der Waals surface area contributed by atoms with Gasteiger partial charge in [-0.05, 0) is 13.8 Å². The van der Waals surface area contributed by atoms with Crippen LogP contribution in [0, 0.1) is 0 Å². The van der Waals surface area contributed by atoms with E-state index < -0.39 is 58.1 Å². The molecule has 31 heavy (non-hydrogen) atoms. The highest BCUT2D eigenvalue weighted by molar-refractivity contribution is 7.60. The quantitative estimate of drug-likeness (QED) is 0.321. The maximum absolute atomic E-state index is 12.0. The molecular formula is C13H19N5O11P2. The lowest BCUT2D eigenvalue weighted by Crippen LogP contribution is -2.32. The number of anilines is 1. The molecule has 2 fully saturated rings. The van der Waals surface area contributed by atoms with Crippen LogP contribution in [0.4, 0.5) is 5.95 Å². The van der Waals surface area contributed by atoms with Crippen LogP contribution < -0.4 is 11.3 Å². The molecule has 0 radical (unpaired) electrons. The molecule has 172 valence electrons. The van der Waals surface area contributed by atoms with Gasteiger partial charge in [0, 0.05) is 0 Å². The van der Waals surface area contributed by atoms with Gasteiger partial charge in [0.1, 0.15) is 18.3 Å². The van der Waals surface area contributed by atoms with Crippen molar-refractivity contribution in [3.63, 3.8) is 0 Å². The van der Waals surface area contributed by atoms with Crippen molar-refractivity contribution in [1.29, 1.82) is 0 Å². The molecule has 2 aromatic rings. The van der Waals surface area contributed by atoms with E-state index in [0.29, 0.717) is 0 Å². The number of imidazole rings is 1. The molecule has 0 aliphatic carbocycles. The van der Waals surface area contributed by atoms with E-state index >= 15 is 0 Å². The fraction of sp³-hybridized carbons (Fsp3) is 0.615. The van der Waals surface area contributed by atoms with Gasteiger partial charge >= 0.3 is 15.6 Å². The van der Waals surface area contributed by atoms with Gasteiger partial charge in [-0.1, -0.05) is 0 Å². The third-order valence-electron chi connectivity index (χ3n) is 4.46. The first-order chi connectivity index (χ1) is 14.2. The number of rotatable bonds is 6. The van der Waals surface area contributed by atoms with Gasteiger partial charge in [0.25, 0.3) is 5.56 Å². The summed E-state index contributed by atoms with van der Waals surface area (Å²) in [6.07, 6.45) is -2.26. The summed E-state index contributed by atoms with van der Waals surface area (Å²) in [5, 5.41) is 0. The number of fused-ring (bicyclic) bond motifs is 2. The predicted octanol–water partition coefficient (Wildman–Crippen LogP) is -0.654. The molecular weight excluding hydrogens is 464 g/mol. The fourth-order valence-electron chi connectivity index (χ4n) is 3.47. The van der Waals surface area contributed by atoms with Gasteiger partial charge in [0.2, 0.25) is 5.95 Å². The minimum atomic E-state index is -5.28. The first kappa shape index (κ1) is 22.5. The van der Waals surface area contributed by atoms with Crippen molar-refractivity contribution >= 4 is 32.8 Å². The van der Waals surface area contributed by atoms with E-state index in [4.69, 9.17) is 29.7 Å². The number of phosphoric acid groups is 2. The standard InChI is InChI=1S/C13H19N5O11P2/c1-13(2)27-7-5(3-25-31(23,24)29-30(20,21)22)26-11(8(7)28-13)18-4-15-6-9(18)16-12(14)17-10(6)19/h4-5,7-8,11H,3H2,1-2H3,(H,23,24)(H2,20,21,22)(H3,14,16,17,19)/t5-,7?,8?,11-/m1/s1. The molecule has 3 unspecified atom stereocenters. The van der Waals surface area contributed by atoms with Crippen molar-refractivity contribution in [2.24, 2.45) is 0 Å². The molecule has 0 saturated carbocycles. The summed E-state index contributed by atoms with van der Waals surface area (Å²) < 4.78 is 50.0. The molecule has 2 aliphatic rings. The number of phosphoric ester groups is 1. The number of H-pyrrole nitrogens is 1. The van der Waals surface area contributed by atoms with Crippen molar-refractivity contribution in [3.8, 4) is 0 Å². The van der Waals surface area contributed by atoms with Gasteiger partial charge in [-0.15, -0.1) is 0 Å². The van der Waals surface area contributed by atoms with Gasteiger partial charge in [-0.2, -0.15) is 9.29 Å². The summed E-state index contributed by atoms with van der Waals surface area (Å²) in [4.78, 5) is 49.4. The third-order valence-corrected chi connectivity index (χ3v) is 6.61. The Morgan fingerprint density at radius 3 is 2.65 bits per heavy atom. The van der Waals surface area contributed by atoms with Crippen molar-refractivity contribution < 1.29 is 46.9 Å². The Morgan fingerprint density at radius 1 is 1.29 bits per heavy atom. The molecule has 0 amide bonds. The van der Waals surface area contributed by atoms with Gasteiger partial charge in [-0.3, -0.25) is 18.9 Å². The summed E-state index contributed by atoms with van der Waals surface area (Å²) in [6.45, 7) is 2.65. The van der Waals surface area contributed by atoms with Gasteiger partial charge in [-0.25, -0.2) is 14.1 Å². The van der Waals surface area contributed by atoms with E-state index in [1.54, 1.807) is 13.8 Å². The Bertz CT molecular complexity index is 1160. The molecule has 2 aromatic heterocycles. The number of aromatic nitrogens is 4. The highest BCUT2D eigenvalue weighted by Gasteiger charge is 2.56. The Kier molecular flexibility index (Phi) is 5.38. The number of hydrogen-bond donors (Lipinski definition) is 5. The molecule has 2 saturated heterocycles. The molecule has 5 atom stereocenters. The van der Waals surface area contributed by atoms with Crippen LogP contribution in [-0.4, -0.2) is 64.9 Å². The lowest BCUT2D eigenvalue weighted by atomic mass is 10.1. The summed E-state index contributed by atoms with van der Waals surface area (Å²) in [6, 6.07) is 0. The largest absolute Gasteiger partial charge is 0.481 e. The van der Waals surface area contributed by atoms with E-state index in [1.165, 1.54) is 10.9 Å². The second-order valence-electron chi connectivity index (χ2n) is 7.24. The van der Waals surface area contributed by atoms with E-state index in [0.717, 1.165) is 0 Å². The van der Waals surface area contributed by atoms with Crippen LogP contribution >= 0.6 is 15.6 Å². The van der Waals surface area contributed by atoms with Crippen molar-refractivity contribution in [2.45, 2.75) is 44.2 Å². The zero-order chi connectivity index (χ0) is 22.8. The first-order valence-electron chi connectivity index (χ1n) is 8.72. The maximum atomic E-state index is 12.0. The van der Waals surface area contributed by atoms with Crippen LogP contribution in [0.1, 0.15) is 20.1 Å².